The first-order valence-corrected chi connectivity index (χ1v) is 6.04. The van der Waals surface area contributed by atoms with Gasteiger partial charge in [-0.3, -0.25) is 4.79 Å². The number of carbonyl (C=O) groups is 1. The van der Waals surface area contributed by atoms with Gasteiger partial charge in [-0.25, -0.2) is 0 Å². The SMILES string of the molecule is COCC(=O)N(C/C=C/C#N)Cc1ccc(C)cc1. The Morgan fingerprint density at radius 1 is 1.42 bits per heavy atom. The molecule has 0 radical (unpaired) electrons. The molecule has 0 N–H and O–H groups in total. The fraction of sp³-hybridized carbons (Fsp3) is 0.333. The summed E-state index contributed by atoms with van der Waals surface area (Å²) in [6.45, 7) is 2.99. The summed E-state index contributed by atoms with van der Waals surface area (Å²) < 4.78 is 4.87. The Bertz CT molecular complexity index is 472. The lowest BCUT2D eigenvalue weighted by Gasteiger charge is -2.21. The maximum absolute atomic E-state index is 11.9. The van der Waals surface area contributed by atoms with E-state index in [0.717, 1.165) is 5.56 Å². The van der Waals surface area contributed by atoms with Gasteiger partial charge in [0.25, 0.3) is 0 Å². The van der Waals surface area contributed by atoms with Crippen molar-refractivity contribution in [2.45, 2.75) is 13.5 Å². The van der Waals surface area contributed by atoms with Crippen molar-refractivity contribution >= 4 is 5.91 Å². The van der Waals surface area contributed by atoms with Gasteiger partial charge in [-0.1, -0.05) is 35.9 Å². The molecule has 1 rings (SSSR count). The molecule has 19 heavy (non-hydrogen) atoms. The van der Waals surface area contributed by atoms with Gasteiger partial charge in [-0.2, -0.15) is 5.26 Å². The van der Waals surface area contributed by atoms with Crippen molar-refractivity contribution in [1.82, 2.24) is 4.90 Å². The molecule has 100 valence electrons. The van der Waals surface area contributed by atoms with Gasteiger partial charge in [0.1, 0.15) is 6.61 Å². The summed E-state index contributed by atoms with van der Waals surface area (Å²) in [6, 6.07) is 9.94. The first kappa shape index (κ1) is 14.9. The van der Waals surface area contributed by atoms with Crippen LogP contribution < -0.4 is 0 Å². The lowest BCUT2D eigenvalue weighted by atomic mass is 10.1. The van der Waals surface area contributed by atoms with Gasteiger partial charge in [0, 0.05) is 26.3 Å². The molecular weight excluding hydrogens is 240 g/mol. The Hall–Kier alpha value is -2.12. The fourth-order valence-electron chi connectivity index (χ4n) is 1.62. The van der Waals surface area contributed by atoms with Crippen LogP contribution in [-0.4, -0.2) is 31.1 Å². The van der Waals surface area contributed by atoms with Crippen LogP contribution in [-0.2, 0) is 16.1 Å². The lowest BCUT2D eigenvalue weighted by Crippen LogP contribution is -2.33. The monoisotopic (exact) mass is 258 g/mol. The van der Waals surface area contributed by atoms with Crippen LogP contribution >= 0.6 is 0 Å². The third-order valence-corrected chi connectivity index (χ3v) is 2.63. The van der Waals surface area contributed by atoms with Crippen LogP contribution in [0.1, 0.15) is 11.1 Å². The van der Waals surface area contributed by atoms with E-state index >= 15 is 0 Å². The summed E-state index contributed by atoms with van der Waals surface area (Å²) >= 11 is 0. The number of hydrogen-bond donors (Lipinski definition) is 0. The van der Waals surface area contributed by atoms with E-state index in [1.54, 1.807) is 11.0 Å². The fourth-order valence-corrected chi connectivity index (χ4v) is 1.62. The van der Waals surface area contributed by atoms with Gasteiger partial charge in [0.05, 0.1) is 6.07 Å². The molecule has 0 aromatic heterocycles. The number of methoxy groups -OCH3 is 1. The molecule has 0 aliphatic heterocycles. The molecule has 1 aromatic rings. The Kier molecular flexibility index (Phi) is 6.34. The summed E-state index contributed by atoms with van der Waals surface area (Å²) in [4.78, 5) is 13.5. The summed E-state index contributed by atoms with van der Waals surface area (Å²) in [6.07, 6.45) is 3.05. The molecule has 0 saturated carbocycles. The highest BCUT2D eigenvalue weighted by Crippen LogP contribution is 2.07. The van der Waals surface area contributed by atoms with Crippen LogP contribution in [0.3, 0.4) is 0 Å². The average molecular weight is 258 g/mol. The van der Waals surface area contributed by atoms with Crippen molar-refractivity contribution < 1.29 is 9.53 Å². The number of nitrogens with zero attached hydrogens (tertiary/aromatic N) is 2. The van der Waals surface area contributed by atoms with E-state index in [9.17, 15) is 4.79 Å². The molecule has 0 saturated heterocycles. The summed E-state index contributed by atoms with van der Waals surface area (Å²) in [5.41, 5.74) is 2.24. The topological polar surface area (TPSA) is 53.3 Å². The number of ether oxygens (including phenoxy) is 1. The minimum absolute atomic E-state index is 0.0479. The molecular formula is C15H18N2O2. The molecule has 0 aliphatic carbocycles. The van der Waals surface area contributed by atoms with Crippen LogP contribution in [0.4, 0.5) is 0 Å². The Labute approximate surface area is 113 Å². The van der Waals surface area contributed by atoms with Gasteiger partial charge in [-0.15, -0.1) is 0 Å². The molecule has 0 spiro atoms. The molecule has 0 atom stereocenters. The summed E-state index contributed by atoms with van der Waals surface area (Å²) in [7, 11) is 1.49. The van der Waals surface area contributed by atoms with Gasteiger partial charge < -0.3 is 9.64 Å². The van der Waals surface area contributed by atoms with E-state index in [2.05, 4.69) is 0 Å². The second kappa shape index (κ2) is 8.06. The first-order valence-electron chi connectivity index (χ1n) is 6.04. The predicted octanol–water partition coefficient (Wildman–Crippen LogP) is 2.05. The maximum atomic E-state index is 11.9. The number of aryl methyl sites for hydroxylation is 1. The van der Waals surface area contributed by atoms with Crippen LogP contribution in [0.15, 0.2) is 36.4 Å². The lowest BCUT2D eigenvalue weighted by molar-refractivity contribution is -0.135. The Morgan fingerprint density at radius 3 is 2.68 bits per heavy atom. The highest BCUT2D eigenvalue weighted by molar-refractivity contribution is 5.77. The molecule has 0 unspecified atom stereocenters. The van der Waals surface area contributed by atoms with Crippen molar-refractivity contribution in [2.24, 2.45) is 0 Å². The minimum Gasteiger partial charge on any atom is -0.375 e. The third-order valence-electron chi connectivity index (χ3n) is 2.63. The normalized spacial score (nSPS) is 10.4. The summed E-state index contributed by atoms with van der Waals surface area (Å²) in [5.74, 6) is -0.0920. The van der Waals surface area contributed by atoms with Crippen molar-refractivity contribution in [2.75, 3.05) is 20.3 Å². The van der Waals surface area contributed by atoms with Gasteiger partial charge >= 0.3 is 0 Å². The standard InChI is InChI=1S/C15H18N2O2/c1-13-5-7-14(8-6-13)11-17(10-4-3-9-16)15(18)12-19-2/h3-8H,10-12H2,1-2H3/b4-3+. The van der Waals surface area contributed by atoms with E-state index in [1.165, 1.54) is 18.7 Å². The van der Waals surface area contributed by atoms with Crippen molar-refractivity contribution in [3.05, 3.63) is 47.5 Å². The number of hydrogen-bond acceptors (Lipinski definition) is 3. The van der Waals surface area contributed by atoms with E-state index < -0.39 is 0 Å². The maximum Gasteiger partial charge on any atom is 0.249 e. The molecule has 4 nitrogen and oxygen atoms in total. The van der Waals surface area contributed by atoms with E-state index in [0.29, 0.717) is 13.1 Å². The van der Waals surface area contributed by atoms with Crippen LogP contribution in [0.2, 0.25) is 0 Å². The Morgan fingerprint density at radius 2 is 2.11 bits per heavy atom. The average Bonchev–Trinajstić information content (AvgIpc) is 2.40. The molecule has 1 amide bonds. The van der Waals surface area contributed by atoms with Crippen LogP contribution in [0, 0.1) is 18.3 Å². The first-order chi connectivity index (χ1) is 9.17. The number of benzene rings is 1. The minimum atomic E-state index is -0.0920. The van der Waals surface area contributed by atoms with Crippen molar-refractivity contribution in [1.29, 1.82) is 5.26 Å². The highest BCUT2D eigenvalue weighted by atomic mass is 16.5. The number of allylic oxidation sites excluding steroid dienone is 1. The zero-order valence-electron chi connectivity index (χ0n) is 11.3. The van der Waals surface area contributed by atoms with Crippen molar-refractivity contribution in [3.63, 3.8) is 0 Å². The predicted molar refractivity (Wildman–Crippen MR) is 73.2 cm³/mol. The number of rotatable bonds is 6. The highest BCUT2D eigenvalue weighted by Gasteiger charge is 2.12. The number of amides is 1. The second-order valence-corrected chi connectivity index (χ2v) is 4.22. The van der Waals surface area contributed by atoms with E-state index in [-0.39, 0.29) is 12.5 Å². The second-order valence-electron chi connectivity index (χ2n) is 4.22. The zero-order chi connectivity index (χ0) is 14.1. The molecule has 1 aromatic carbocycles. The number of carbonyl (C=O) groups excluding carboxylic acids is 1. The Balaban J connectivity index is 2.72. The molecule has 0 heterocycles. The van der Waals surface area contributed by atoms with Crippen LogP contribution in [0.5, 0.6) is 0 Å². The quantitative estimate of drug-likeness (QED) is 0.734. The molecule has 0 bridgehead atoms. The van der Waals surface area contributed by atoms with Gasteiger partial charge in [0.15, 0.2) is 0 Å². The van der Waals surface area contributed by atoms with Gasteiger partial charge in [0.2, 0.25) is 5.91 Å². The molecule has 4 heteroatoms. The smallest absolute Gasteiger partial charge is 0.249 e. The van der Waals surface area contributed by atoms with Gasteiger partial charge in [-0.05, 0) is 12.5 Å². The molecule has 0 fully saturated rings. The third kappa shape index (κ3) is 5.36. The van der Waals surface area contributed by atoms with E-state index in [4.69, 9.17) is 10.00 Å². The summed E-state index contributed by atoms with van der Waals surface area (Å²) in [5, 5.41) is 8.48. The van der Waals surface area contributed by atoms with Crippen LogP contribution in [0.25, 0.3) is 0 Å². The van der Waals surface area contributed by atoms with Crippen molar-refractivity contribution in [3.8, 4) is 6.07 Å². The molecule has 0 aliphatic rings. The largest absolute Gasteiger partial charge is 0.375 e. The van der Waals surface area contributed by atoms with E-state index in [1.807, 2.05) is 37.3 Å². The zero-order valence-corrected chi connectivity index (χ0v) is 11.3. The number of nitriles is 1.